The van der Waals surface area contributed by atoms with E-state index in [0.717, 1.165) is 55.4 Å². The van der Waals surface area contributed by atoms with Gasteiger partial charge in [-0.3, -0.25) is 9.55 Å². The molecule has 7 rings (SSSR count). The fraction of sp³-hybridized carbons (Fsp3) is 0.209. The van der Waals surface area contributed by atoms with Gasteiger partial charge < -0.3 is 5.11 Å². The maximum Gasteiger partial charge on any atom is 0.148 e. The molecule has 0 aliphatic heterocycles. The number of nitrogens with zero attached hydrogens (tertiary/aromatic N) is 3. The average molecular weight is 810 g/mol. The van der Waals surface area contributed by atoms with Crippen molar-refractivity contribution in [1.29, 1.82) is 0 Å². The molecule has 0 amide bonds. The Morgan fingerprint density at radius 2 is 1.46 bits per heavy atom. The molecule has 1 N–H and O–H groups in total. The SMILES string of the molecule is Cc1cc(-c2[c-]c(-c3cccc4c3nc(-c3cc(C(C)C)ccc3O)n4-c3ccc(C(C)(C)C)cc3)ccc2)c2ncccc2c1C.[Pt]. The van der Waals surface area contributed by atoms with E-state index < -0.39 is 0 Å². The van der Waals surface area contributed by atoms with Gasteiger partial charge in [0.25, 0.3) is 0 Å². The molecule has 0 saturated carbocycles. The summed E-state index contributed by atoms with van der Waals surface area (Å²) in [5.74, 6) is 1.22. The van der Waals surface area contributed by atoms with Crippen molar-refractivity contribution in [2.75, 3.05) is 0 Å². The van der Waals surface area contributed by atoms with Crippen molar-refractivity contribution < 1.29 is 26.2 Å². The van der Waals surface area contributed by atoms with Gasteiger partial charge in [-0.15, -0.1) is 35.4 Å². The Morgan fingerprint density at radius 3 is 2.17 bits per heavy atom. The number of hydrogen-bond acceptors (Lipinski definition) is 3. The van der Waals surface area contributed by atoms with Gasteiger partial charge in [0, 0.05) is 38.5 Å². The van der Waals surface area contributed by atoms with E-state index in [1.54, 1.807) is 6.07 Å². The van der Waals surface area contributed by atoms with E-state index >= 15 is 0 Å². The minimum atomic E-state index is 0. The number of benzene rings is 5. The van der Waals surface area contributed by atoms with E-state index in [-0.39, 0.29) is 32.2 Å². The molecule has 0 unspecified atom stereocenters. The molecule has 48 heavy (non-hydrogen) atoms. The van der Waals surface area contributed by atoms with Gasteiger partial charge in [-0.25, -0.2) is 4.98 Å². The number of para-hydroxylation sites is 1. The molecular weight excluding hydrogens is 770 g/mol. The molecule has 5 heteroatoms. The Hall–Kier alpha value is -4.53. The van der Waals surface area contributed by atoms with E-state index in [2.05, 4.69) is 138 Å². The fourth-order valence-corrected chi connectivity index (χ4v) is 6.48. The maximum atomic E-state index is 11.2. The molecule has 2 aromatic heterocycles. The van der Waals surface area contributed by atoms with Crippen LogP contribution in [0.25, 0.3) is 61.3 Å². The monoisotopic (exact) mass is 809 g/mol. The fourth-order valence-electron chi connectivity index (χ4n) is 6.48. The van der Waals surface area contributed by atoms with Crippen LogP contribution in [0.4, 0.5) is 0 Å². The Balaban J connectivity index is 0.00000401. The number of aromatic hydroxyl groups is 1. The standard InChI is InChI=1S/C43H40N3O.Pt/c1-26(2)29-16-21-39(47)37(25-29)42-45-41-35(13-9-15-38(41)46(42)33-19-17-32(18-20-33)43(5,6)7)30-11-8-12-31(24-30)36-23-27(3)28(4)34-14-10-22-44-40(34)36;/h8-23,25-26,47H,1-7H3;/q-1;. The predicted molar refractivity (Wildman–Crippen MR) is 195 cm³/mol. The zero-order chi connectivity index (χ0) is 33.0. The molecule has 0 atom stereocenters. The normalized spacial score (nSPS) is 11.8. The Bertz CT molecular complexity index is 2290. The van der Waals surface area contributed by atoms with Crippen LogP contribution in [0.5, 0.6) is 5.75 Å². The van der Waals surface area contributed by atoms with Gasteiger partial charge >= 0.3 is 0 Å². The van der Waals surface area contributed by atoms with Crippen LogP contribution in [-0.4, -0.2) is 19.6 Å². The molecule has 0 spiro atoms. The number of hydrogen-bond donors (Lipinski definition) is 1. The van der Waals surface area contributed by atoms with Crippen molar-refractivity contribution in [1.82, 2.24) is 14.5 Å². The maximum absolute atomic E-state index is 11.2. The largest absolute Gasteiger partial charge is 0.507 e. The van der Waals surface area contributed by atoms with Crippen LogP contribution in [0.1, 0.15) is 62.8 Å². The van der Waals surface area contributed by atoms with Crippen molar-refractivity contribution >= 4 is 21.9 Å². The number of rotatable bonds is 5. The number of fused-ring (bicyclic) bond motifs is 2. The van der Waals surface area contributed by atoms with Crippen molar-refractivity contribution in [3.8, 4) is 45.1 Å². The first-order valence-corrected chi connectivity index (χ1v) is 16.3. The molecule has 244 valence electrons. The van der Waals surface area contributed by atoms with Crippen molar-refractivity contribution in [2.24, 2.45) is 0 Å². The zero-order valence-corrected chi connectivity index (χ0v) is 30.8. The van der Waals surface area contributed by atoms with Crippen LogP contribution in [0.15, 0.2) is 103 Å². The van der Waals surface area contributed by atoms with Gasteiger partial charge in [0.15, 0.2) is 0 Å². The summed E-state index contributed by atoms with van der Waals surface area (Å²) in [6.07, 6.45) is 1.86. The summed E-state index contributed by atoms with van der Waals surface area (Å²) in [6, 6.07) is 37.3. The third-order valence-electron chi connectivity index (χ3n) is 9.40. The van der Waals surface area contributed by atoms with Crippen molar-refractivity contribution in [3.63, 3.8) is 0 Å². The average Bonchev–Trinajstić information content (AvgIpc) is 3.46. The van der Waals surface area contributed by atoms with Crippen LogP contribution < -0.4 is 0 Å². The molecule has 5 aromatic carbocycles. The summed E-state index contributed by atoms with van der Waals surface area (Å²) in [7, 11) is 0. The van der Waals surface area contributed by atoms with E-state index in [1.165, 1.54) is 16.7 Å². The summed E-state index contributed by atoms with van der Waals surface area (Å²) in [5.41, 5.74) is 13.4. The third-order valence-corrected chi connectivity index (χ3v) is 9.40. The van der Waals surface area contributed by atoms with E-state index in [1.807, 2.05) is 18.3 Å². The van der Waals surface area contributed by atoms with Crippen LogP contribution >= 0.6 is 0 Å². The van der Waals surface area contributed by atoms with Crippen LogP contribution in [0, 0.1) is 19.9 Å². The second-order valence-corrected chi connectivity index (χ2v) is 13.9. The van der Waals surface area contributed by atoms with Gasteiger partial charge in [0.1, 0.15) is 11.6 Å². The topological polar surface area (TPSA) is 50.9 Å². The number of aromatic nitrogens is 3. The number of pyridine rings is 1. The minimum Gasteiger partial charge on any atom is -0.507 e. The summed E-state index contributed by atoms with van der Waals surface area (Å²) in [5, 5.41) is 12.4. The van der Waals surface area contributed by atoms with E-state index in [0.29, 0.717) is 17.3 Å². The first-order chi connectivity index (χ1) is 22.5. The van der Waals surface area contributed by atoms with Crippen molar-refractivity contribution in [3.05, 3.63) is 132 Å². The van der Waals surface area contributed by atoms with E-state index in [4.69, 9.17) is 9.97 Å². The Kier molecular flexibility index (Phi) is 8.91. The quantitative estimate of drug-likeness (QED) is 0.176. The molecule has 0 bridgehead atoms. The summed E-state index contributed by atoms with van der Waals surface area (Å²) in [4.78, 5) is 10.1. The van der Waals surface area contributed by atoms with Gasteiger partial charge in [0.05, 0.1) is 16.6 Å². The van der Waals surface area contributed by atoms with Crippen LogP contribution in [0.3, 0.4) is 0 Å². The summed E-state index contributed by atoms with van der Waals surface area (Å²) < 4.78 is 2.18. The predicted octanol–water partition coefficient (Wildman–Crippen LogP) is 11.1. The molecule has 2 heterocycles. The molecule has 0 saturated heterocycles. The van der Waals surface area contributed by atoms with Gasteiger partial charge in [-0.1, -0.05) is 93.8 Å². The molecule has 0 radical (unpaired) electrons. The van der Waals surface area contributed by atoms with Gasteiger partial charge in [0.2, 0.25) is 0 Å². The molecule has 0 aliphatic rings. The second-order valence-electron chi connectivity index (χ2n) is 13.9. The van der Waals surface area contributed by atoms with Crippen LogP contribution in [-0.2, 0) is 26.5 Å². The van der Waals surface area contributed by atoms with Crippen LogP contribution in [0.2, 0.25) is 0 Å². The summed E-state index contributed by atoms with van der Waals surface area (Å²) >= 11 is 0. The number of phenols is 1. The molecule has 0 fully saturated rings. The Labute approximate surface area is 297 Å². The van der Waals surface area contributed by atoms with E-state index in [9.17, 15) is 5.11 Å². The molecular formula is C43H40N3OPt-. The Morgan fingerprint density at radius 1 is 0.750 bits per heavy atom. The summed E-state index contributed by atoms with van der Waals surface area (Å²) in [6.45, 7) is 15.3. The zero-order valence-electron chi connectivity index (χ0n) is 28.5. The molecule has 7 aromatic rings. The third kappa shape index (κ3) is 5.88. The van der Waals surface area contributed by atoms with Gasteiger partial charge in [-0.2, -0.15) is 0 Å². The minimum absolute atomic E-state index is 0. The number of aryl methyl sites for hydroxylation is 2. The first-order valence-electron chi connectivity index (χ1n) is 16.3. The molecule has 4 nitrogen and oxygen atoms in total. The first kappa shape index (κ1) is 33.4. The number of phenolic OH excluding ortho intramolecular Hbond substituents is 1. The van der Waals surface area contributed by atoms with Gasteiger partial charge in [-0.05, 0) is 83.7 Å². The molecule has 0 aliphatic carbocycles. The second kappa shape index (κ2) is 12.8. The number of imidazole rings is 1. The smallest absolute Gasteiger partial charge is 0.148 e. The van der Waals surface area contributed by atoms with Crippen molar-refractivity contribution in [2.45, 2.75) is 59.8 Å².